The van der Waals surface area contributed by atoms with E-state index < -0.39 is 5.91 Å². The van der Waals surface area contributed by atoms with Crippen molar-refractivity contribution in [1.82, 2.24) is 10.2 Å². The van der Waals surface area contributed by atoms with E-state index in [2.05, 4.69) is 10.2 Å². The van der Waals surface area contributed by atoms with Crippen molar-refractivity contribution in [2.45, 2.75) is 0 Å². The summed E-state index contributed by atoms with van der Waals surface area (Å²) in [6.45, 7) is 0. The van der Waals surface area contributed by atoms with Crippen LogP contribution in [-0.4, -0.2) is 21.2 Å². The van der Waals surface area contributed by atoms with Crippen LogP contribution in [-0.2, 0) is 0 Å². The van der Waals surface area contributed by atoms with Gasteiger partial charge in [-0.1, -0.05) is 6.07 Å². The molecule has 4 N–H and O–H groups in total. The second-order valence-electron chi connectivity index (χ2n) is 2.64. The number of H-pyrrole nitrogens is 1. The number of carbonyl (C=O) groups is 1. The molecule has 2 rings (SSSR count). The van der Waals surface area contributed by atoms with Crippen molar-refractivity contribution in [2.24, 2.45) is 5.73 Å². The van der Waals surface area contributed by atoms with Gasteiger partial charge in [0.25, 0.3) is 5.91 Å². The smallest absolute Gasteiger partial charge is 0.250 e. The molecule has 0 aliphatic rings. The van der Waals surface area contributed by atoms with E-state index in [0.717, 1.165) is 0 Å². The summed E-state index contributed by atoms with van der Waals surface area (Å²) in [5.41, 5.74) is 5.91. The number of fused-ring (bicyclic) bond motifs is 1. The molecule has 0 unspecified atom stereocenters. The van der Waals surface area contributed by atoms with Crippen LogP contribution in [0.4, 0.5) is 0 Å². The summed E-state index contributed by atoms with van der Waals surface area (Å²) < 4.78 is 0. The zero-order chi connectivity index (χ0) is 9.42. The number of nitrogens with two attached hydrogens (primary N) is 1. The molecule has 0 aliphatic heterocycles. The van der Waals surface area contributed by atoms with Crippen molar-refractivity contribution in [2.75, 3.05) is 0 Å². The van der Waals surface area contributed by atoms with E-state index in [1.54, 1.807) is 18.2 Å². The van der Waals surface area contributed by atoms with E-state index in [9.17, 15) is 9.90 Å². The molecular weight excluding hydrogens is 170 g/mol. The van der Waals surface area contributed by atoms with E-state index >= 15 is 0 Å². The van der Waals surface area contributed by atoms with E-state index in [4.69, 9.17) is 5.73 Å². The highest BCUT2D eigenvalue weighted by Gasteiger charge is 2.10. The molecule has 0 fully saturated rings. The van der Waals surface area contributed by atoms with Gasteiger partial charge in [0.1, 0.15) is 0 Å². The monoisotopic (exact) mass is 177 g/mol. The number of primary amides is 1. The van der Waals surface area contributed by atoms with Gasteiger partial charge in [0, 0.05) is 0 Å². The minimum atomic E-state index is -0.547. The highest BCUT2D eigenvalue weighted by atomic mass is 16.3. The minimum absolute atomic E-state index is 0.127. The number of aromatic nitrogens is 2. The lowest BCUT2D eigenvalue weighted by atomic mass is 10.1. The Balaban J connectivity index is 2.84. The van der Waals surface area contributed by atoms with Gasteiger partial charge >= 0.3 is 0 Å². The fraction of sp³-hybridized carbons (Fsp3) is 0. The summed E-state index contributed by atoms with van der Waals surface area (Å²) in [5.74, 6) is -0.674. The van der Waals surface area contributed by atoms with Crippen molar-refractivity contribution in [3.05, 3.63) is 23.8 Å². The van der Waals surface area contributed by atoms with Crippen LogP contribution < -0.4 is 5.73 Å². The maximum atomic E-state index is 10.9. The van der Waals surface area contributed by atoms with Crippen LogP contribution in [0.3, 0.4) is 0 Å². The predicted octanol–water partition coefficient (Wildman–Crippen LogP) is 0.367. The van der Waals surface area contributed by atoms with Crippen LogP contribution >= 0.6 is 0 Å². The first-order valence-corrected chi connectivity index (χ1v) is 3.66. The lowest BCUT2D eigenvalue weighted by molar-refractivity contribution is 0.100. The van der Waals surface area contributed by atoms with Crippen molar-refractivity contribution < 1.29 is 9.90 Å². The molecule has 0 atom stereocenters. The first-order chi connectivity index (χ1) is 6.20. The van der Waals surface area contributed by atoms with Crippen LogP contribution in [0.25, 0.3) is 10.9 Å². The van der Waals surface area contributed by atoms with E-state index in [-0.39, 0.29) is 5.88 Å². The fourth-order valence-corrected chi connectivity index (χ4v) is 1.23. The molecule has 2 aromatic rings. The number of benzene rings is 1. The molecule has 1 amide bonds. The molecule has 13 heavy (non-hydrogen) atoms. The van der Waals surface area contributed by atoms with Gasteiger partial charge in [-0.25, -0.2) is 0 Å². The standard InChI is InChI=1S/C8H7N3O2/c9-7(12)4-2-1-3-5-6(4)10-11-8(5)13/h1-3H,(H2,9,12)(H2,10,11,13). The van der Waals surface area contributed by atoms with Crippen LogP contribution in [0.15, 0.2) is 18.2 Å². The van der Waals surface area contributed by atoms with Crippen LogP contribution in [0, 0.1) is 0 Å². The van der Waals surface area contributed by atoms with Gasteiger partial charge in [-0.2, -0.15) is 0 Å². The Kier molecular flexibility index (Phi) is 1.45. The number of nitrogens with zero attached hydrogens (tertiary/aromatic N) is 1. The van der Waals surface area contributed by atoms with E-state index in [1.807, 2.05) is 0 Å². The Morgan fingerprint density at radius 3 is 3.00 bits per heavy atom. The zero-order valence-electron chi connectivity index (χ0n) is 6.61. The maximum Gasteiger partial charge on any atom is 0.250 e. The van der Waals surface area contributed by atoms with Gasteiger partial charge in [0.2, 0.25) is 5.88 Å². The molecule has 5 nitrogen and oxygen atoms in total. The molecule has 0 radical (unpaired) electrons. The number of hydrogen-bond donors (Lipinski definition) is 3. The number of hydrogen-bond acceptors (Lipinski definition) is 3. The largest absolute Gasteiger partial charge is 0.492 e. The highest BCUT2D eigenvalue weighted by molar-refractivity contribution is 6.05. The van der Waals surface area contributed by atoms with Gasteiger partial charge in [-0.15, -0.1) is 5.10 Å². The molecule has 66 valence electrons. The number of aromatic amines is 1. The first kappa shape index (κ1) is 7.60. The van der Waals surface area contributed by atoms with Gasteiger partial charge in [0.15, 0.2) is 0 Å². The average molecular weight is 177 g/mol. The summed E-state index contributed by atoms with van der Waals surface area (Å²) in [7, 11) is 0. The molecule has 5 heteroatoms. The topological polar surface area (TPSA) is 92.0 Å². The molecule has 0 aliphatic carbocycles. The number of para-hydroxylation sites is 1. The predicted molar refractivity (Wildman–Crippen MR) is 46.3 cm³/mol. The number of carbonyl (C=O) groups excluding carboxylic acids is 1. The molecule has 1 aromatic heterocycles. The third-order valence-corrected chi connectivity index (χ3v) is 1.84. The van der Waals surface area contributed by atoms with Gasteiger partial charge in [0.05, 0.1) is 16.5 Å². The fourth-order valence-electron chi connectivity index (χ4n) is 1.23. The summed E-state index contributed by atoms with van der Waals surface area (Å²) >= 11 is 0. The van der Waals surface area contributed by atoms with Crippen LogP contribution in [0.2, 0.25) is 0 Å². The Morgan fingerprint density at radius 1 is 1.54 bits per heavy atom. The molecule has 0 saturated carbocycles. The van der Waals surface area contributed by atoms with Crippen molar-refractivity contribution in [3.8, 4) is 5.88 Å². The maximum absolute atomic E-state index is 10.9. The first-order valence-electron chi connectivity index (χ1n) is 3.66. The normalized spacial score (nSPS) is 10.5. The summed E-state index contributed by atoms with van der Waals surface area (Å²) in [4.78, 5) is 10.9. The van der Waals surface area contributed by atoms with E-state index in [1.165, 1.54) is 0 Å². The highest BCUT2D eigenvalue weighted by Crippen LogP contribution is 2.23. The van der Waals surface area contributed by atoms with Crippen LogP contribution in [0.5, 0.6) is 5.88 Å². The second kappa shape index (κ2) is 2.48. The quantitative estimate of drug-likeness (QED) is 0.587. The SMILES string of the molecule is NC(=O)c1cccc2c(O)n[nH]c12. The molecule has 1 heterocycles. The molecule has 0 bridgehead atoms. The van der Waals surface area contributed by atoms with Crippen molar-refractivity contribution >= 4 is 16.8 Å². The Bertz CT molecular complexity index is 475. The second-order valence-corrected chi connectivity index (χ2v) is 2.64. The zero-order valence-corrected chi connectivity index (χ0v) is 6.61. The Hall–Kier alpha value is -2.04. The number of rotatable bonds is 1. The number of aromatic hydroxyl groups is 1. The Labute approximate surface area is 73.2 Å². The number of amides is 1. The molecular formula is C8H7N3O2. The van der Waals surface area contributed by atoms with E-state index in [0.29, 0.717) is 16.5 Å². The molecule has 1 aromatic carbocycles. The molecule has 0 spiro atoms. The molecule has 0 saturated heterocycles. The summed E-state index contributed by atoms with van der Waals surface area (Å²) in [6.07, 6.45) is 0. The lowest BCUT2D eigenvalue weighted by Crippen LogP contribution is -2.11. The lowest BCUT2D eigenvalue weighted by Gasteiger charge is -1.95. The summed E-state index contributed by atoms with van der Waals surface area (Å²) in [5, 5.41) is 15.8. The summed E-state index contributed by atoms with van der Waals surface area (Å²) in [6, 6.07) is 4.86. The van der Waals surface area contributed by atoms with Crippen LogP contribution in [0.1, 0.15) is 10.4 Å². The van der Waals surface area contributed by atoms with Gasteiger partial charge in [-0.3, -0.25) is 9.89 Å². The van der Waals surface area contributed by atoms with Gasteiger partial charge in [-0.05, 0) is 12.1 Å². The Morgan fingerprint density at radius 2 is 2.31 bits per heavy atom. The number of nitrogens with one attached hydrogen (secondary N) is 1. The van der Waals surface area contributed by atoms with Crippen molar-refractivity contribution in [1.29, 1.82) is 0 Å². The van der Waals surface area contributed by atoms with Crippen molar-refractivity contribution in [3.63, 3.8) is 0 Å². The third-order valence-electron chi connectivity index (χ3n) is 1.84. The third kappa shape index (κ3) is 1.01. The van der Waals surface area contributed by atoms with Gasteiger partial charge < -0.3 is 10.8 Å². The minimum Gasteiger partial charge on any atom is -0.492 e. The average Bonchev–Trinajstić information content (AvgIpc) is 2.48.